The van der Waals surface area contributed by atoms with Crippen molar-refractivity contribution < 1.29 is 26.7 Å². The number of aryl methyl sites for hydroxylation is 1. The molecule has 23 heavy (non-hydrogen) atoms. The molecule has 0 aliphatic heterocycles. The zero-order valence-electron chi connectivity index (χ0n) is 12.9. The molecule has 0 saturated heterocycles. The molecular weight excluding hydrogens is 342 g/mol. The number of carbonyl (C=O) groups is 1. The third-order valence-corrected chi connectivity index (χ3v) is 7.10. The number of nitrogens with zero attached hydrogens (tertiary/aromatic N) is 1. The number of rotatable bonds is 6. The van der Waals surface area contributed by atoms with Gasteiger partial charge in [-0.15, -0.1) is 0 Å². The van der Waals surface area contributed by atoms with Crippen molar-refractivity contribution in [3.05, 3.63) is 23.8 Å². The lowest BCUT2D eigenvalue weighted by Gasteiger charge is -2.35. The van der Waals surface area contributed by atoms with E-state index in [2.05, 4.69) is 0 Å². The molecule has 1 aliphatic rings. The molecule has 2 rings (SSSR count). The predicted molar refractivity (Wildman–Crippen MR) is 83.5 cm³/mol. The third kappa shape index (κ3) is 3.73. The summed E-state index contributed by atoms with van der Waals surface area (Å²) >= 11 is 0. The molecule has 0 aromatic heterocycles. The van der Waals surface area contributed by atoms with Gasteiger partial charge in [0.1, 0.15) is 6.54 Å². The van der Waals surface area contributed by atoms with Gasteiger partial charge in [0.2, 0.25) is 10.0 Å². The quantitative estimate of drug-likeness (QED) is 0.810. The van der Waals surface area contributed by atoms with Crippen LogP contribution in [0.5, 0.6) is 0 Å². The summed E-state index contributed by atoms with van der Waals surface area (Å²) in [6, 6.07) is 3.52. The van der Waals surface area contributed by atoms with Crippen molar-refractivity contribution in [3.8, 4) is 0 Å². The lowest BCUT2D eigenvalue weighted by molar-refractivity contribution is -0.137. The maximum absolute atomic E-state index is 12.9. The summed E-state index contributed by atoms with van der Waals surface area (Å²) in [6.07, 6.45) is 3.06. The summed E-state index contributed by atoms with van der Waals surface area (Å²) in [6.45, 7) is 0.925. The van der Waals surface area contributed by atoms with Gasteiger partial charge in [0.15, 0.2) is 9.84 Å². The normalized spacial score (nSPS) is 16.3. The molecule has 0 unspecified atom stereocenters. The van der Waals surface area contributed by atoms with Gasteiger partial charge in [0.05, 0.1) is 9.79 Å². The molecule has 1 aliphatic carbocycles. The fourth-order valence-electron chi connectivity index (χ4n) is 2.43. The molecule has 1 N–H and O–H groups in total. The van der Waals surface area contributed by atoms with Crippen LogP contribution in [-0.2, 0) is 24.7 Å². The summed E-state index contributed by atoms with van der Waals surface area (Å²) in [5, 5.41) is 9.01. The molecule has 1 aromatic rings. The lowest BCUT2D eigenvalue weighted by atomic mass is 9.93. The number of carboxylic acids is 1. The van der Waals surface area contributed by atoms with Crippen LogP contribution in [0.3, 0.4) is 0 Å². The van der Waals surface area contributed by atoms with Gasteiger partial charge < -0.3 is 5.11 Å². The van der Waals surface area contributed by atoms with Crippen molar-refractivity contribution in [3.63, 3.8) is 0 Å². The average Bonchev–Trinajstić information content (AvgIpc) is 2.34. The van der Waals surface area contributed by atoms with Gasteiger partial charge in [-0.1, -0.05) is 12.5 Å². The van der Waals surface area contributed by atoms with E-state index in [1.165, 1.54) is 12.1 Å². The molecule has 9 heteroatoms. The van der Waals surface area contributed by atoms with Crippen LogP contribution in [0.25, 0.3) is 0 Å². The second kappa shape index (κ2) is 6.21. The maximum atomic E-state index is 12.9. The summed E-state index contributed by atoms with van der Waals surface area (Å²) in [5.74, 6) is -1.24. The highest BCUT2D eigenvalue weighted by molar-refractivity contribution is 7.91. The standard InChI is InChI=1S/C14H19NO6S2/c1-10-6-7-12(22(2,18)19)8-13(10)23(20,21)15(9-14(16)17)11-4-3-5-11/h6-8,11H,3-5,9H2,1-2H3,(H,16,17). The Morgan fingerprint density at radius 2 is 1.87 bits per heavy atom. The van der Waals surface area contributed by atoms with Gasteiger partial charge in [0, 0.05) is 12.3 Å². The summed E-state index contributed by atoms with van der Waals surface area (Å²) in [5.41, 5.74) is 0.382. The Kier molecular flexibility index (Phi) is 4.84. The molecule has 1 saturated carbocycles. The van der Waals surface area contributed by atoms with Crippen molar-refractivity contribution in [2.24, 2.45) is 0 Å². The second-order valence-corrected chi connectivity index (χ2v) is 9.60. The molecule has 128 valence electrons. The first-order valence-corrected chi connectivity index (χ1v) is 10.4. The lowest BCUT2D eigenvalue weighted by Crippen LogP contribution is -2.46. The van der Waals surface area contributed by atoms with E-state index in [0.29, 0.717) is 18.4 Å². The van der Waals surface area contributed by atoms with Crippen molar-refractivity contribution in [2.45, 2.75) is 42.0 Å². The Morgan fingerprint density at radius 3 is 2.30 bits per heavy atom. The molecule has 7 nitrogen and oxygen atoms in total. The average molecular weight is 361 g/mol. The zero-order chi connectivity index (χ0) is 17.4. The van der Waals surface area contributed by atoms with Gasteiger partial charge in [0.25, 0.3) is 0 Å². The van der Waals surface area contributed by atoms with Crippen LogP contribution in [0.1, 0.15) is 24.8 Å². The molecule has 1 fully saturated rings. The fourth-order valence-corrected chi connectivity index (χ4v) is 5.04. The predicted octanol–water partition coefficient (Wildman–Crippen LogP) is 1.03. The molecule has 0 bridgehead atoms. The van der Waals surface area contributed by atoms with Crippen LogP contribution in [0.2, 0.25) is 0 Å². The first-order chi connectivity index (χ1) is 10.5. The Bertz CT molecular complexity index is 825. The van der Waals surface area contributed by atoms with E-state index in [9.17, 15) is 21.6 Å². The van der Waals surface area contributed by atoms with Crippen LogP contribution in [0, 0.1) is 6.92 Å². The van der Waals surface area contributed by atoms with Crippen molar-refractivity contribution in [1.29, 1.82) is 0 Å². The monoisotopic (exact) mass is 361 g/mol. The van der Waals surface area contributed by atoms with E-state index in [4.69, 9.17) is 5.11 Å². The highest BCUT2D eigenvalue weighted by atomic mass is 32.2. The molecule has 0 spiro atoms. The Hall–Kier alpha value is -1.45. The minimum absolute atomic E-state index is 0.106. The fraction of sp³-hybridized carbons (Fsp3) is 0.500. The summed E-state index contributed by atoms with van der Waals surface area (Å²) in [7, 11) is -7.64. The zero-order valence-corrected chi connectivity index (χ0v) is 14.5. The van der Waals surface area contributed by atoms with Crippen molar-refractivity contribution in [2.75, 3.05) is 12.8 Å². The molecular formula is C14H19NO6S2. The van der Waals surface area contributed by atoms with Crippen LogP contribution < -0.4 is 0 Å². The first kappa shape index (κ1) is 17.9. The Morgan fingerprint density at radius 1 is 1.26 bits per heavy atom. The van der Waals surface area contributed by atoms with Crippen molar-refractivity contribution in [1.82, 2.24) is 4.31 Å². The van der Waals surface area contributed by atoms with Crippen LogP contribution in [-0.4, -0.2) is 51.1 Å². The number of aliphatic carboxylic acids is 1. The number of sulfone groups is 1. The third-order valence-electron chi connectivity index (χ3n) is 3.95. The molecule has 0 radical (unpaired) electrons. The van der Waals surface area contributed by atoms with Gasteiger partial charge in [-0.3, -0.25) is 4.79 Å². The number of hydrogen-bond acceptors (Lipinski definition) is 5. The number of benzene rings is 1. The van der Waals surface area contributed by atoms with E-state index in [1.807, 2.05) is 0 Å². The number of hydrogen-bond donors (Lipinski definition) is 1. The largest absolute Gasteiger partial charge is 0.480 e. The first-order valence-electron chi connectivity index (χ1n) is 7.08. The SMILES string of the molecule is Cc1ccc(S(C)(=O)=O)cc1S(=O)(=O)N(CC(=O)O)C1CCC1. The van der Waals surface area contributed by atoms with Gasteiger partial charge >= 0.3 is 5.97 Å². The van der Waals surface area contributed by atoms with Crippen molar-refractivity contribution >= 4 is 25.8 Å². The topological polar surface area (TPSA) is 109 Å². The summed E-state index contributed by atoms with van der Waals surface area (Å²) in [4.78, 5) is 10.8. The highest BCUT2D eigenvalue weighted by Crippen LogP contribution is 2.31. The van der Waals surface area contributed by atoms with Crippen LogP contribution in [0.4, 0.5) is 0 Å². The van der Waals surface area contributed by atoms with Gasteiger partial charge in [-0.2, -0.15) is 4.31 Å². The number of carboxylic acid groups (broad SMARTS) is 1. The van der Waals surface area contributed by atoms with E-state index in [0.717, 1.165) is 23.0 Å². The maximum Gasteiger partial charge on any atom is 0.318 e. The second-order valence-electron chi connectivity index (χ2n) is 5.73. The smallest absolute Gasteiger partial charge is 0.318 e. The number of sulfonamides is 1. The minimum atomic E-state index is -4.08. The van der Waals surface area contributed by atoms with Gasteiger partial charge in [-0.25, -0.2) is 16.8 Å². The molecule has 0 amide bonds. The van der Waals surface area contributed by atoms with E-state index in [1.54, 1.807) is 6.92 Å². The van der Waals surface area contributed by atoms with Crippen LogP contribution >= 0.6 is 0 Å². The van der Waals surface area contributed by atoms with E-state index < -0.39 is 32.4 Å². The summed E-state index contributed by atoms with van der Waals surface area (Å²) < 4.78 is 50.0. The van der Waals surface area contributed by atoms with E-state index in [-0.39, 0.29) is 15.8 Å². The van der Waals surface area contributed by atoms with E-state index >= 15 is 0 Å². The van der Waals surface area contributed by atoms with Gasteiger partial charge in [-0.05, 0) is 37.5 Å². The highest BCUT2D eigenvalue weighted by Gasteiger charge is 2.37. The van der Waals surface area contributed by atoms with Crippen LogP contribution in [0.15, 0.2) is 28.0 Å². The molecule has 0 atom stereocenters. The molecule has 0 heterocycles. The Balaban J connectivity index is 2.54. The molecule has 1 aromatic carbocycles. The minimum Gasteiger partial charge on any atom is -0.480 e. The Labute approximate surface area is 135 Å².